The van der Waals surface area contributed by atoms with Crippen LogP contribution in [0.2, 0.25) is 5.02 Å². The number of carbonyl (C=O) groups is 2. The molecule has 1 unspecified atom stereocenters. The summed E-state index contributed by atoms with van der Waals surface area (Å²) in [5.74, 6) is -1.72. The van der Waals surface area contributed by atoms with E-state index in [-0.39, 0.29) is 17.5 Å². The second kappa shape index (κ2) is 7.00. The molecule has 0 amide bonds. The van der Waals surface area contributed by atoms with Gasteiger partial charge in [-0.2, -0.15) is 0 Å². The Kier molecular flexibility index (Phi) is 4.75. The van der Waals surface area contributed by atoms with Crippen molar-refractivity contribution in [2.45, 2.75) is 43.7 Å². The van der Waals surface area contributed by atoms with Gasteiger partial charge < -0.3 is 15.6 Å². The summed E-state index contributed by atoms with van der Waals surface area (Å²) in [6.45, 7) is 0. The minimum atomic E-state index is -1.10. The summed E-state index contributed by atoms with van der Waals surface area (Å²) in [4.78, 5) is 37.2. The van der Waals surface area contributed by atoms with Gasteiger partial charge in [0.2, 0.25) is 0 Å². The molecule has 0 saturated heterocycles. The van der Waals surface area contributed by atoms with Crippen LogP contribution >= 0.6 is 11.6 Å². The highest BCUT2D eigenvalue weighted by atomic mass is 35.5. The lowest BCUT2D eigenvalue weighted by atomic mass is 9.91. The Balaban J connectivity index is 1.97. The van der Waals surface area contributed by atoms with Crippen molar-refractivity contribution < 1.29 is 19.4 Å². The first-order valence-electron chi connectivity index (χ1n) is 9.41. The molecule has 152 valence electrons. The number of methoxy groups -OCH3 is 1. The third-order valence-electron chi connectivity index (χ3n) is 5.79. The second-order valence-electron chi connectivity index (χ2n) is 7.81. The number of benzene rings is 1. The first kappa shape index (κ1) is 19.7. The highest BCUT2D eigenvalue weighted by Crippen LogP contribution is 2.40. The number of fused-ring (bicyclic) bond motifs is 1. The Hall–Kier alpha value is -2.64. The van der Waals surface area contributed by atoms with Crippen molar-refractivity contribution in [3.8, 4) is 11.1 Å². The largest absolute Gasteiger partial charge is 0.480 e. The molecule has 4 rings (SSSR count). The van der Waals surface area contributed by atoms with Gasteiger partial charge in [0, 0.05) is 27.9 Å². The van der Waals surface area contributed by atoms with Crippen LogP contribution in [-0.2, 0) is 22.4 Å². The van der Waals surface area contributed by atoms with Gasteiger partial charge in [0.05, 0.1) is 12.7 Å². The van der Waals surface area contributed by atoms with Crippen LogP contribution in [0, 0.1) is 0 Å². The van der Waals surface area contributed by atoms with Gasteiger partial charge in [-0.3, -0.25) is 9.36 Å². The minimum Gasteiger partial charge on any atom is -0.480 e. The zero-order chi connectivity index (χ0) is 20.9. The van der Waals surface area contributed by atoms with E-state index in [0.29, 0.717) is 34.7 Å². The fourth-order valence-corrected chi connectivity index (χ4v) is 4.28. The van der Waals surface area contributed by atoms with Crippen LogP contribution < -0.4 is 11.3 Å². The summed E-state index contributed by atoms with van der Waals surface area (Å²) in [7, 11) is 1.26. The lowest BCUT2D eigenvalue weighted by Gasteiger charge is -2.19. The normalized spacial score (nSPS) is 18.9. The minimum absolute atomic E-state index is 0.209. The number of hydrogen-bond acceptors (Lipinski definition) is 5. The van der Waals surface area contributed by atoms with E-state index < -0.39 is 23.5 Å². The number of carboxylic acid groups (broad SMARTS) is 1. The fraction of sp³-hybridized carbons (Fsp3) is 0.381. The van der Waals surface area contributed by atoms with E-state index in [1.165, 1.54) is 17.7 Å². The molecule has 0 radical (unpaired) electrons. The highest BCUT2D eigenvalue weighted by molar-refractivity contribution is 6.31. The first-order chi connectivity index (χ1) is 13.7. The molecule has 1 saturated carbocycles. The molecule has 0 bridgehead atoms. The smallest absolute Gasteiger partial charge is 0.340 e. The van der Waals surface area contributed by atoms with Crippen LogP contribution in [-0.4, -0.2) is 34.3 Å². The third kappa shape index (κ3) is 3.45. The molecular formula is C21H21ClN2O5. The number of ether oxygens (including phenoxy) is 1. The van der Waals surface area contributed by atoms with E-state index in [4.69, 9.17) is 22.1 Å². The van der Waals surface area contributed by atoms with Crippen molar-refractivity contribution in [3.05, 3.63) is 56.5 Å². The number of pyridine rings is 1. The average molecular weight is 417 g/mol. The summed E-state index contributed by atoms with van der Waals surface area (Å²) in [5.41, 5.74) is 8.08. The van der Waals surface area contributed by atoms with Gasteiger partial charge in [0.15, 0.2) is 0 Å². The van der Waals surface area contributed by atoms with Crippen LogP contribution in [0.15, 0.2) is 29.1 Å². The Bertz CT molecular complexity index is 1090. The predicted octanol–water partition coefficient (Wildman–Crippen LogP) is 2.56. The second-order valence-corrected chi connectivity index (χ2v) is 8.25. The van der Waals surface area contributed by atoms with Crippen LogP contribution in [0.5, 0.6) is 0 Å². The Labute approximate surface area is 172 Å². The Morgan fingerprint density at radius 1 is 1.31 bits per heavy atom. The lowest BCUT2D eigenvalue weighted by Crippen LogP contribution is -2.29. The number of carbonyl (C=O) groups excluding carboxylic acids is 1. The van der Waals surface area contributed by atoms with Gasteiger partial charge in [-0.25, -0.2) is 9.59 Å². The van der Waals surface area contributed by atoms with Crippen molar-refractivity contribution in [1.82, 2.24) is 4.57 Å². The number of aromatic nitrogens is 1. The SMILES string of the molecule is COC(=O)c1c(-c2cc(Cl)ccc2CC2(N)CC2)cc(=O)n2c1CCC2C(=O)O. The zero-order valence-electron chi connectivity index (χ0n) is 15.9. The summed E-state index contributed by atoms with van der Waals surface area (Å²) in [5, 5.41) is 9.93. The van der Waals surface area contributed by atoms with Crippen molar-refractivity contribution in [3.63, 3.8) is 0 Å². The highest BCUT2D eigenvalue weighted by Gasteiger charge is 2.39. The molecule has 1 atom stereocenters. The van der Waals surface area contributed by atoms with E-state index >= 15 is 0 Å². The first-order valence-corrected chi connectivity index (χ1v) is 9.79. The fourth-order valence-electron chi connectivity index (χ4n) is 4.11. The van der Waals surface area contributed by atoms with Crippen LogP contribution in [0.1, 0.15) is 46.9 Å². The van der Waals surface area contributed by atoms with Gasteiger partial charge in [-0.15, -0.1) is 0 Å². The Morgan fingerprint density at radius 3 is 2.66 bits per heavy atom. The molecule has 7 nitrogen and oxygen atoms in total. The van der Waals surface area contributed by atoms with Crippen molar-refractivity contribution >= 4 is 23.5 Å². The van der Waals surface area contributed by atoms with Gasteiger partial charge in [-0.05, 0) is 55.4 Å². The quantitative estimate of drug-likeness (QED) is 0.724. The molecule has 2 aliphatic rings. The number of nitrogens with two attached hydrogens (primary N) is 1. The summed E-state index contributed by atoms with van der Waals surface area (Å²) < 4.78 is 6.17. The molecule has 29 heavy (non-hydrogen) atoms. The van der Waals surface area contributed by atoms with Gasteiger partial charge in [0.25, 0.3) is 5.56 Å². The van der Waals surface area contributed by atoms with E-state index in [2.05, 4.69) is 0 Å². The molecule has 1 aromatic heterocycles. The van der Waals surface area contributed by atoms with E-state index in [1.54, 1.807) is 12.1 Å². The van der Waals surface area contributed by atoms with Gasteiger partial charge in [-0.1, -0.05) is 17.7 Å². The van der Waals surface area contributed by atoms with E-state index in [0.717, 1.165) is 18.4 Å². The monoisotopic (exact) mass is 416 g/mol. The number of halogens is 1. The van der Waals surface area contributed by atoms with E-state index in [1.807, 2.05) is 6.07 Å². The number of hydrogen-bond donors (Lipinski definition) is 2. The number of carboxylic acids is 1. The number of esters is 1. The molecular weight excluding hydrogens is 396 g/mol. The van der Waals surface area contributed by atoms with Crippen LogP contribution in [0.4, 0.5) is 0 Å². The molecule has 2 aromatic rings. The van der Waals surface area contributed by atoms with Crippen molar-refractivity contribution in [2.75, 3.05) is 7.11 Å². The summed E-state index contributed by atoms with van der Waals surface area (Å²) in [6.07, 6.45) is 2.95. The maximum absolute atomic E-state index is 12.9. The summed E-state index contributed by atoms with van der Waals surface area (Å²) >= 11 is 6.23. The molecule has 1 fully saturated rings. The Morgan fingerprint density at radius 2 is 2.03 bits per heavy atom. The molecule has 1 aliphatic carbocycles. The maximum Gasteiger partial charge on any atom is 0.340 e. The predicted molar refractivity (Wildman–Crippen MR) is 107 cm³/mol. The average Bonchev–Trinajstić information content (AvgIpc) is 3.22. The van der Waals surface area contributed by atoms with E-state index in [9.17, 15) is 19.5 Å². The van der Waals surface area contributed by atoms with Gasteiger partial charge >= 0.3 is 11.9 Å². The summed E-state index contributed by atoms with van der Waals surface area (Å²) in [6, 6.07) is 5.64. The number of aliphatic carboxylic acids is 1. The zero-order valence-corrected chi connectivity index (χ0v) is 16.7. The molecule has 8 heteroatoms. The van der Waals surface area contributed by atoms with Gasteiger partial charge in [0.1, 0.15) is 6.04 Å². The number of rotatable bonds is 5. The molecule has 2 heterocycles. The topological polar surface area (TPSA) is 112 Å². The molecule has 3 N–H and O–H groups in total. The van der Waals surface area contributed by atoms with Crippen molar-refractivity contribution in [1.29, 1.82) is 0 Å². The molecule has 1 aliphatic heterocycles. The standard InChI is InChI=1S/C21H21ClN2O5/c1-29-20(28)18-14(9-17(25)24-15(18)4-5-16(24)19(26)27)13-8-12(22)3-2-11(13)10-21(23)6-7-21/h2-3,8-9,16H,4-7,10,23H2,1H3,(H,26,27). The van der Waals surface area contributed by atoms with Crippen LogP contribution in [0.25, 0.3) is 11.1 Å². The third-order valence-corrected chi connectivity index (χ3v) is 6.03. The van der Waals surface area contributed by atoms with Crippen molar-refractivity contribution in [2.24, 2.45) is 5.73 Å². The lowest BCUT2D eigenvalue weighted by molar-refractivity contribution is -0.140. The van der Waals surface area contributed by atoms with Crippen LogP contribution in [0.3, 0.4) is 0 Å². The maximum atomic E-state index is 12.9. The number of nitrogens with zero attached hydrogens (tertiary/aromatic N) is 1. The molecule has 1 aromatic carbocycles. The molecule has 0 spiro atoms.